The molecule has 2 rings (SSSR count). The highest BCUT2D eigenvalue weighted by molar-refractivity contribution is 5.37. The van der Waals surface area contributed by atoms with Crippen LogP contribution < -0.4 is 10.1 Å². The lowest BCUT2D eigenvalue weighted by Gasteiger charge is -2.10. The SMILES string of the molecule is COc1cc(NCC2(C)CC2)ncn1. The lowest BCUT2D eigenvalue weighted by molar-refractivity contribution is 0.397. The molecule has 0 amide bonds. The maximum atomic E-state index is 5.01. The highest BCUT2D eigenvalue weighted by Crippen LogP contribution is 2.44. The predicted molar refractivity (Wildman–Crippen MR) is 54.4 cm³/mol. The lowest BCUT2D eigenvalue weighted by Crippen LogP contribution is -2.12. The van der Waals surface area contributed by atoms with Crippen molar-refractivity contribution >= 4 is 5.82 Å². The van der Waals surface area contributed by atoms with E-state index in [1.54, 1.807) is 7.11 Å². The first-order valence-corrected chi connectivity index (χ1v) is 4.82. The maximum Gasteiger partial charge on any atom is 0.218 e. The molecule has 1 heterocycles. The largest absolute Gasteiger partial charge is 0.481 e. The topological polar surface area (TPSA) is 47.0 Å². The van der Waals surface area contributed by atoms with Crippen molar-refractivity contribution in [1.82, 2.24) is 9.97 Å². The van der Waals surface area contributed by atoms with Crippen LogP contribution in [0.3, 0.4) is 0 Å². The van der Waals surface area contributed by atoms with E-state index < -0.39 is 0 Å². The van der Waals surface area contributed by atoms with Crippen LogP contribution in [0.5, 0.6) is 5.88 Å². The number of nitrogens with zero attached hydrogens (tertiary/aromatic N) is 2. The second kappa shape index (κ2) is 3.44. The van der Waals surface area contributed by atoms with Crippen molar-refractivity contribution in [2.45, 2.75) is 19.8 Å². The molecule has 4 nitrogen and oxygen atoms in total. The summed E-state index contributed by atoms with van der Waals surface area (Å²) < 4.78 is 5.01. The molecule has 1 N–H and O–H groups in total. The van der Waals surface area contributed by atoms with Gasteiger partial charge in [0.2, 0.25) is 5.88 Å². The molecule has 4 heteroatoms. The number of nitrogens with one attached hydrogen (secondary N) is 1. The van der Waals surface area contributed by atoms with Crippen LogP contribution in [0.4, 0.5) is 5.82 Å². The number of methoxy groups -OCH3 is 1. The molecule has 0 saturated heterocycles. The van der Waals surface area contributed by atoms with Gasteiger partial charge in [-0.25, -0.2) is 9.97 Å². The van der Waals surface area contributed by atoms with Crippen molar-refractivity contribution < 1.29 is 4.74 Å². The van der Waals surface area contributed by atoms with Crippen molar-refractivity contribution in [2.75, 3.05) is 19.0 Å². The van der Waals surface area contributed by atoms with E-state index in [-0.39, 0.29) is 0 Å². The Morgan fingerprint density at radius 2 is 2.29 bits per heavy atom. The molecule has 0 spiro atoms. The van der Waals surface area contributed by atoms with Gasteiger partial charge in [0.25, 0.3) is 0 Å². The molecule has 1 aliphatic rings. The third kappa shape index (κ3) is 2.13. The molecule has 1 fully saturated rings. The van der Waals surface area contributed by atoms with Gasteiger partial charge in [-0.1, -0.05) is 6.92 Å². The summed E-state index contributed by atoms with van der Waals surface area (Å²) in [6.07, 6.45) is 4.13. The molecule has 14 heavy (non-hydrogen) atoms. The monoisotopic (exact) mass is 193 g/mol. The summed E-state index contributed by atoms with van der Waals surface area (Å²) in [4.78, 5) is 8.06. The first kappa shape index (κ1) is 9.24. The van der Waals surface area contributed by atoms with Crippen LogP contribution in [0.15, 0.2) is 12.4 Å². The molecule has 0 radical (unpaired) electrons. The van der Waals surface area contributed by atoms with E-state index >= 15 is 0 Å². The van der Waals surface area contributed by atoms with E-state index in [0.29, 0.717) is 11.3 Å². The van der Waals surface area contributed by atoms with E-state index in [0.717, 1.165) is 12.4 Å². The second-order valence-electron chi connectivity index (χ2n) is 4.11. The fraction of sp³-hybridized carbons (Fsp3) is 0.600. The van der Waals surface area contributed by atoms with Gasteiger partial charge in [-0.15, -0.1) is 0 Å². The Balaban J connectivity index is 1.94. The smallest absolute Gasteiger partial charge is 0.218 e. The van der Waals surface area contributed by atoms with Gasteiger partial charge in [-0.05, 0) is 18.3 Å². The summed E-state index contributed by atoms with van der Waals surface area (Å²) in [6.45, 7) is 3.26. The summed E-state index contributed by atoms with van der Waals surface area (Å²) in [5.41, 5.74) is 0.484. The average Bonchev–Trinajstić information content (AvgIpc) is 2.95. The molecule has 0 aromatic carbocycles. The zero-order chi connectivity index (χ0) is 10.0. The van der Waals surface area contributed by atoms with Crippen molar-refractivity contribution in [3.63, 3.8) is 0 Å². The van der Waals surface area contributed by atoms with Crippen LogP contribution in [0.1, 0.15) is 19.8 Å². The molecule has 1 aromatic rings. The highest BCUT2D eigenvalue weighted by Gasteiger charge is 2.36. The predicted octanol–water partition coefficient (Wildman–Crippen LogP) is 1.70. The van der Waals surface area contributed by atoms with Gasteiger partial charge in [0.1, 0.15) is 12.1 Å². The van der Waals surface area contributed by atoms with Crippen molar-refractivity contribution in [2.24, 2.45) is 5.41 Å². The normalized spacial score (nSPS) is 17.6. The van der Waals surface area contributed by atoms with Crippen LogP contribution in [0.2, 0.25) is 0 Å². The Labute approximate surface area is 83.7 Å². The average molecular weight is 193 g/mol. The second-order valence-corrected chi connectivity index (χ2v) is 4.11. The van der Waals surface area contributed by atoms with Gasteiger partial charge >= 0.3 is 0 Å². The Kier molecular flexibility index (Phi) is 2.27. The number of rotatable bonds is 4. The Morgan fingerprint density at radius 1 is 1.50 bits per heavy atom. The number of aromatic nitrogens is 2. The van der Waals surface area contributed by atoms with Crippen LogP contribution in [0.25, 0.3) is 0 Å². The molecule has 1 aromatic heterocycles. The quantitative estimate of drug-likeness (QED) is 0.790. The molecular formula is C10H15N3O. The molecule has 0 unspecified atom stereocenters. The Morgan fingerprint density at radius 3 is 2.93 bits per heavy atom. The third-order valence-corrected chi connectivity index (χ3v) is 2.65. The van der Waals surface area contributed by atoms with Crippen molar-refractivity contribution in [3.05, 3.63) is 12.4 Å². The lowest BCUT2D eigenvalue weighted by atomic mass is 10.1. The zero-order valence-electron chi connectivity index (χ0n) is 8.58. The van der Waals surface area contributed by atoms with Crippen LogP contribution in [0, 0.1) is 5.41 Å². The van der Waals surface area contributed by atoms with Gasteiger partial charge < -0.3 is 10.1 Å². The highest BCUT2D eigenvalue weighted by atomic mass is 16.5. The molecule has 0 bridgehead atoms. The third-order valence-electron chi connectivity index (χ3n) is 2.65. The molecule has 1 saturated carbocycles. The zero-order valence-corrected chi connectivity index (χ0v) is 8.58. The van der Waals surface area contributed by atoms with Gasteiger partial charge in [-0.2, -0.15) is 0 Å². The van der Waals surface area contributed by atoms with E-state index in [1.807, 2.05) is 6.07 Å². The van der Waals surface area contributed by atoms with Gasteiger partial charge in [-0.3, -0.25) is 0 Å². The van der Waals surface area contributed by atoms with E-state index in [1.165, 1.54) is 19.2 Å². The first-order chi connectivity index (χ1) is 6.72. The molecule has 1 aliphatic carbocycles. The fourth-order valence-electron chi connectivity index (χ4n) is 1.24. The minimum Gasteiger partial charge on any atom is -0.481 e. The summed E-state index contributed by atoms with van der Waals surface area (Å²) in [5, 5.41) is 3.29. The van der Waals surface area contributed by atoms with Gasteiger partial charge in [0.15, 0.2) is 0 Å². The Bertz CT molecular complexity index is 323. The fourth-order valence-corrected chi connectivity index (χ4v) is 1.24. The maximum absolute atomic E-state index is 5.01. The number of hydrogen-bond acceptors (Lipinski definition) is 4. The van der Waals surface area contributed by atoms with Crippen LogP contribution in [-0.4, -0.2) is 23.6 Å². The molecule has 76 valence electrons. The van der Waals surface area contributed by atoms with Crippen molar-refractivity contribution in [3.8, 4) is 5.88 Å². The summed E-state index contributed by atoms with van der Waals surface area (Å²) in [6, 6.07) is 1.81. The summed E-state index contributed by atoms with van der Waals surface area (Å²) in [7, 11) is 1.61. The van der Waals surface area contributed by atoms with Gasteiger partial charge in [0.05, 0.1) is 7.11 Å². The van der Waals surface area contributed by atoms with E-state index in [9.17, 15) is 0 Å². The molecular weight excluding hydrogens is 178 g/mol. The summed E-state index contributed by atoms with van der Waals surface area (Å²) in [5.74, 6) is 1.44. The molecule has 0 atom stereocenters. The number of hydrogen-bond donors (Lipinski definition) is 1. The Hall–Kier alpha value is -1.32. The van der Waals surface area contributed by atoms with E-state index in [2.05, 4.69) is 22.2 Å². The summed E-state index contributed by atoms with van der Waals surface area (Å²) >= 11 is 0. The van der Waals surface area contributed by atoms with Crippen LogP contribution in [-0.2, 0) is 0 Å². The molecule has 0 aliphatic heterocycles. The number of ether oxygens (including phenoxy) is 1. The standard InChI is InChI=1S/C10H15N3O/c1-10(3-4-10)6-11-8-5-9(14-2)13-7-12-8/h5,7H,3-4,6H2,1-2H3,(H,11,12,13). The minimum absolute atomic E-state index is 0.484. The number of anilines is 1. The minimum atomic E-state index is 0.484. The van der Waals surface area contributed by atoms with Gasteiger partial charge in [0, 0.05) is 12.6 Å². The van der Waals surface area contributed by atoms with Crippen LogP contribution >= 0.6 is 0 Å². The van der Waals surface area contributed by atoms with E-state index in [4.69, 9.17) is 4.74 Å². The first-order valence-electron chi connectivity index (χ1n) is 4.82. The van der Waals surface area contributed by atoms with Crippen molar-refractivity contribution in [1.29, 1.82) is 0 Å².